The van der Waals surface area contributed by atoms with Crippen LogP contribution >= 0.6 is 0 Å². The molecule has 218 valence electrons. The Kier molecular flexibility index (Phi) is 7.71. The van der Waals surface area contributed by atoms with E-state index in [0.29, 0.717) is 34.0 Å². The minimum atomic E-state index is -0.152. The molecular weight excluding hydrogens is 478 g/mol. The van der Waals surface area contributed by atoms with Crippen LogP contribution in [0.4, 0.5) is 0 Å². The highest BCUT2D eigenvalue weighted by molar-refractivity contribution is 5.18. The number of aliphatic hydroxyl groups is 2. The van der Waals surface area contributed by atoms with Gasteiger partial charge in [-0.05, 0) is 126 Å². The summed E-state index contributed by atoms with van der Waals surface area (Å²) < 4.78 is 2.25. The van der Waals surface area contributed by atoms with Crippen molar-refractivity contribution in [3.8, 4) is 0 Å². The van der Waals surface area contributed by atoms with Crippen LogP contribution in [0.15, 0.2) is 36.7 Å². The van der Waals surface area contributed by atoms with Crippen LogP contribution in [0, 0.1) is 57.2 Å². The lowest BCUT2D eigenvalue weighted by atomic mass is 9.32. The van der Waals surface area contributed by atoms with Crippen LogP contribution in [-0.4, -0.2) is 16.3 Å². The van der Waals surface area contributed by atoms with Gasteiger partial charge in [0.1, 0.15) is 0 Å². The molecule has 0 amide bonds. The zero-order valence-corrected chi connectivity index (χ0v) is 26.2. The third-order valence-electron chi connectivity index (χ3n) is 14.1. The third-order valence-corrected chi connectivity index (χ3v) is 14.1. The molecule has 0 saturated heterocycles. The van der Waals surface area contributed by atoms with Gasteiger partial charge in [-0.2, -0.15) is 0 Å². The summed E-state index contributed by atoms with van der Waals surface area (Å²) in [6.45, 7) is 23.4. The van der Waals surface area contributed by atoms with Gasteiger partial charge in [0.25, 0.3) is 0 Å². The quantitative estimate of drug-likeness (QED) is 0.289. The number of pyridine rings is 1. The number of aromatic nitrogens is 1. The van der Waals surface area contributed by atoms with Crippen molar-refractivity contribution in [2.24, 2.45) is 57.2 Å². The van der Waals surface area contributed by atoms with Crippen molar-refractivity contribution < 1.29 is 14.8 Å². The van der Waals surface area contributed by atoms with Crippen LogP contribution in [0.2, 0.25) is 0 Å². The smallest absolute Gasteiger partial charge is 0.169 e. The van der Waals surface area contributed by atoms with Crippen LogP contribution in [0.5, 0.6) is 0 Å². The fourth-order valence-electron chi connectivity index (χ4n) is 11.7. The Morgan fingerprint density at radius 3 is 2.26 bits per heavy atom. The van der Waals surface area contributed by atoms with Crippen molar-refractivity contribution in [3.63, 3.8) is 0 Å². The van der Waals surface area contributed by atoms with E-state index in [9.17, 15) is 10.2 Å². The molecule has 0 aliphatic heterocycles. The summed E-state index contributed by atoms with van der Waals surface area (Å²) >= 11 is 0. The largest absolute Gasteiger partial charge is 0.393 e. The molecule has 3 nitrogen and oxygen atoms in total. The third kappa shape index (κ3) is 4.39. The number of aliphatic hydroxyl groups excluding tert-OH is 2. The molecule has 39 heavy (non-hydrogen) atoms. The van der Waals surface area contributed by atoms with Gasteiger partial charge in [-0.3, -0.25) is 0 Å². The Bertz CT molecular complexity index is 1050. The Morgan fingerprint density at radius 1 is 0.949 bits per heavy atom. The van der Waals surface area contributed by atoms with Gasteiger partial charge >= 0.3 is 0 Å². The first-order chi connectivity index (χ1) is 18.3. The van der Waals surface area contributed by atoms with Crippen LogP contribution < -0.4 is 4.57 Å². The van der Waals surface area contributed by atoms with Gasteiger partial charge in [0.2, 0.25) is 0 Å². The molecule has 4 aliphatic rings. The Labute approximate surface area is 239 Å². The van der Waals surface area contributed by atoms with E-state index in [-0.39, 0.29) is 18.1 Å². The van der Waals surface area contributed by atoms with Gasteiger partial charge in [-0.15, -0.1) is 0 Å². The van der Waals surface area contributed by atoms with Crippen LogP contribution in [0.1, 0.15) is 112 Å². The summed E-state index contributed by atoms with van der Waals surface area (Å²) in [6.07, 6.45) is 15.4. The number of rotatable bonds is 6. The molecule has 1 heterocycles. The van der Waals surface area contributed by atoms with Crippen molar-refractivity contribution in [2.75, 3.05) is 0 Å². The number of nitrogens with zero attached hydrogens (tertiary/aromatic N) is 1. The van der Waals surface area contributed by atoms with Crippen molar-refractivity contribution in [1.82, 2.24) is 0 Å². The molecule has 0 aromatic carbocycles. The summed E-state index contributed by atoms with van der Waals surface area (Å²) in [7, 11) is 0. The Morgan fingerprint density at radius 2 is 1.62 bits per heavy atom. The number of hydrogen-bond acceptors (Lipinski definition) is 2. The van der Waals surface area contributed by atoms with Gasteiger partial charge in [0.05, 0.1) is 12.7 Å². The van der Waals surface area contributed by atoms with Crippen molar-refractivity contribution in [2.45, 2.75) is 126 Å². The van der Waals surface area contributed by atoms with Crippen LogP contribution in [-0.2, 0) is 13.2 Å². The molecule has 4 aliphatic carbocycles. The van der Waals surface area contributed by atoms with Gasteiger partial charge in [0, 0.05) is 12.1 Å². The van der Waals surface area contributed by atoms with E-state index in [4.69, 9.17) is 6.58 Å². The first-order valence-electron chi connectivity index (χ1n) is 16.3. The first-order valence-corrected chi connectivity index (χ1v) is 16.3. The standard InChI is InChI=1S/C36H58NO2/c1-9-27(25(3)22-37-20-15-26(23-38)16-21-37)32-24(2)12-18-35(7)28(32)10-11-30-34(6)17-14-31(39)33(4,5)29(34)13-19-36(30,35)8/h15-16,20-21,24,27-32,38-39H,3,9-14,17-19,22-23H2,1-2,4-8H3/q+1/t24-,27-,28?,29?,30?,31-,32?,34-,35+,36+/m0/s1. The molecule has 0 radical (unpaired) electrons. The van der Waals surface area contributed by atoms with E-state index in [1.807, 2.05) is 12.1 Å². The molecule has 10 atom stereocenters. The summed E-state index contributed by atoms with van der Waals surface area (Å²) in [5, 5.41) is 20.5. The van der Waals surface area contributed by atoms with Crippen molar-refractivity contribution in [1.29, 1.82) is 0 Å². The molecule has 4 fully saturated rings. The fraction of sp³-hybridized carbons (Fsp3) is 0.806. The first kappa shape index (κ1) is 29.3. The topological polar surface area (TPSA) is 44.3 Å². The highest BCUT2D eigenvalue weighted by Gasteiger charge is 2.68. The van der Waals surface area contributed by atoms with Crippen molar-refractivity contribution in [3.05, 3.63) is 42.2 Å². The molecule has 3 heteroatoms. The van der Waals surface area contributed by atoms with E-state index in [2.05, 4.69) is 65.4 Å². The molecule has 5 rings (SSSR count). The SMILES string of the molecule is C=C(C[n+]1ccc(CO)cc1)[C@H](CC)C1C2CCC3[C@@]4(C)CC[C@H](O)C(C)(C)C4CC[C@@]3(C)[C@]2(C)CC[C@@H]1C. The maximum Gasteiger partial charge on any atom is 0.169 e. The molecule has 1 aromatic rings. The average molecular weight is 537 g/mol. The predicted octanol–water partition coefficient (Wildman–Crippen LogP) is 7.73. The normalized spacial score (nSPS) is 44.0. The minimum absolute atomic E-state index is 0.0216. The molecular formula is C36H58NO2+. The fourth-order valence-corrected chi connectivity index (χ4v) is 11.7. The van der Waals surface area contributed by atoms with E-state index < -0.39 is 0 Å². The predicted molar refractivity (Wildman–Crippen MR) is 160 cm³/mol. The second kappa shape index (κ2) is 10.3. The molecule has 2 N–H and O–H groups in total. The molecule has 4 saturated carbocycles. The van der Waals surface area contributed by atoms with Crippen LogP contribution in [0.25, 0.3) is 0 Å². The Balaban J connectivity index is 1.44. The lowest BCUT2D eigenvalue weighted by molar-refractivity contribution is -0.689. The highest BCUT2D eigenvalue weighted by Crippen LogP contribution is 2.75. The second-order valence-electron chi connectivity index (χ2n) is 15.8. The van der Waals surface area contributed by atoms with E-state index in [1.54, 1.807) is 0 Å². The van der Waals surface area contributed by atoms with E-state index in [0.717, 1.165) is 36.3 Å². The second-order valence-corrected chi connectivity index (χ2v) is 15.8. The van der Waals surface area contributed by atoms with E-state index >= 15 is 0 Å². The van der Waals surface area contributed by atoms with Crippen LogP contribution in [0.3, 0.4) is 0 Å². The maximum absolute atomic E-state index is 11.0. The summed E-state index contributed by atoms with van der Waals surface area (Å²) in [6, 6.07) is 4.05. The van der Waals surface area contributed by atoms with Gasteiger partial charge in [-0.25, -0.2) is 4.57 Å². The van der Waals surface area contributed by atoms with Gasteiger partial charge < -0.3 is 10.2 Å². The highest BCUT2D eigenvalue weighted by atomic mass is 16.3. The molecule has 0 bridgehead atoms. The monoisotopic (exact) mass is 536 g/mol. The molecule has 4 unspecified atom stereocenters. The minimum Gasteiger partial charge on any atom is -0.393 e. The van der Waals surface area contributed by atoms with Crippen molar-refractivity contribution >= 4 is 0 Å². The average Bonchev–Trinajstić information content (AvgIpc) is 2.89. The Hall–Kier alpha value is -1.19. The zero-order chi connectivity index (χ0) is 28.4. The van der Waals surface area contributed by atoms with Gasteiger partial charge in [0.15, 0.2) is 18.9 Å². The summed E-state index contributed by atoms with van der Waals surface area (Å²) in [4.78, 5) is 0. The maximum atomic E-state index is 11.0. The summed E-state index contributed by atoms with van der Waals surface area (Å²) in [5.74, 6) is 4.13. The van der Waals surface area contributed by atoms with Gasteiger partial charge in [-0.1, -0.05) is 55.0 Å². The number of hydrogen-bond donors (Lipinski definition) is 2. The number of allylic oxidation sites excluding steroid dienone is 1. The van der Waals surface area contributed by atoms with E-state index in [1.165, 1.54) is 56.9 Å². The zero-order valence-electron chi connectivity index (χ0n) is 26.2. The lowest BCUT2D eigenvalue weighted by Crippen LogP contribution is -2.66. The molecule has 1 aromatic heterocycles. The summed E-state index contributed by atoms with van der Waals surface area (Å²) in [5.41, 5.74) is 3.44. The molecule has 0 spiro atoms. The number of fused-ring (bicyclic) bond motifs is 5. The lowest BCUT2D eigenvalue weighted by Gasteiger charge is -2.72.